The second-order valence-corrected chi connectivity index (χ2v) is 7.91. The lowest BCUT2D eigenvalue weighted by Crippen LogP contribution is -2.45. The Labute approximate surface area is 127 Å². The molecule has 1 aliphatic carbocycles. The van der Waals surface area contributed by atoms with Gasteiger partial charge in [-0.15, -0.1) is 0 Å². The van der Waals surface area contributed by atoms with E-state index in [1.54, 1.807) is 0 Å². The van der Waals surface area contributed by atoms with Crippen molar-refractivity contribution in [1.82, 2.24) is 5.32 Å². The molecule has 0 aliphatic heterocycles. The quantitative estimate of drug-likeness (QED) is 0.734. The van der Waals surface area contributed by atoms with E-state index >= 15 is 0 Å². The normalized spacial score (nSPS) is 25.9. The zero-order valence-corrected chi connectivity index (χ0v) is 14.5. The van der Waals surface area contributed by atoms with Crippen molar-refractivity contribution in [1.29, 1.82) is 0 Å². The van der Waals surface area contributed by atoms with Crippen molar-refractivity contribution < 1.29 is 0 Å². The van der Waals surface area contributed by atoms with E-state index in [-0.39, 0.29) is 0 Å². The zero-order chi connectivity index (χ0) is 15.2. The first-order valence-corrected chi connectivity index (χ1v) is 8.85. The molecule has 0 heterocycles. The van der Waals surface area contributed by atoms with Gasteiger partial charge in [-0.25, -0.2) is 0 Å². The van der Waals surface area contributed by atoms with Gasteiger partial charge >= 0.3 is 0 Å². The van der Waals surface area contributed by atoms with Crippen LogP contribution in [0.4, 0.5) is 0 Å². The van der Waals surface area contributed by atoms with Gasteiger partial charge in [-0.3, -0.25) is 0 Å². The Morgan fingerprint density at radius 3 is 2.00 bits per heavy atom. The van der Waals surface area contributed by atoms with Crippen LogP contribution >= 0.6 is 0 Å². The smallest absolute Gasteiger partial charge is 0.0218 e. The molecule has 1 rings (SSSR count). The van der Waals surface area contributed by atoms with Gasteiger partial charge in [0.2, 0.25) is 0 Å². The summed E-state index contributed by atoms with van der Waals surface area (Å²) < 4.78 is 0. The Hall–Kier alpha value is -0.0800. The first kappa shape index (κ1) is 18.0. The third-order valence-electron chi connectivity index (χ3n) is 5.64. The molecular weight excluding hydrogens is 244 g/mol. The molecule has 0 radical (unpaired) electrons. The Morgan fingerprint density at radius 2 is 1.60 bits per heavy atom. The molecule has 1 saturated carbocycles. The molecule has 0 aromatic rings. The Morgan fingerprint density at radius 1 is 1.05 bits per heavy atom. The molecule has 0 aromatic heterocycles. The van der Waals surface area contributed by atoms with Crippen molar-refractivity contribution >= 4 is 0 Å². The highest BCUT2D eigenvalue weighted by Gasteiger charge is 2.32. The van der Waals surface area contributed by atoms with Crippen molar-refractivity contribution in [2.45, 2.75) is 79.2 Å². The molecule has 0 saturated heterocycles. The van der Waals surface area contributed by atoms with E-state index in [0.29, 0.717) is 11.5 Å². The molecule has 2 heteroatoms. The maximum Gasteiger partial charge on any atom is 0.0218 e. The highest BCUT2D eigenvalue weighted by Crippen LogP contribution is 2.40. The predicted molar refractivity (Wildman–Crippen MR) is 89.8 cm³/mol. The Bertz CT molecular complexity index is 245. The molecule has 3 N–H and O–H groups in total. The van der Waals surface area contributed by atoms with Crippen LogP contribution in [-0.2, 0) is 0 Å². The summed E-state index contributed by atoms with van der Waals surface area (Å²) >= 11 is 0. The molecule has 0 aromatic carbocycles. The number of hydrogen-bond donors (Lipinski definition) is 2. The largest absolute Gasteiger partial charge is 0.329 e. The van der Waals surface area contributed by atoms with Gasteiger partial charge in [-0.2, -0.15) is 0 Å². The summed E-state index contributed by atoms with van der Waals surface area (Å²) in [4.78, 5) is 0. The monoisotopic (exact) mass is 282 g/mol. The zero-order valence-electron chi connectivity index (χ0n) is 14.5. The van der Waals surface area contributed by atoms with Gasteiger partial charge in [-0.1, -0.05) is 47.5 Å². The summed E-state index contributed by atoms with van der Waals surface area (Å²) in [7, 11) is 0. The minimum atomic E-state index is 0.478. The first-order chi connectivity index (χ1) is 9.42. The van der Waals surface area contributed by atoms with Gasteiger partial charge < -0.3 is 11.1 Å². The average Bonchev–Trinajstić information content (AvgIpc) is 2.43. The first-order valence-electron chi connectivity index (χ1n) is 8.85. The van der Waals surface area contributed by atoms with Crippen LogP contribution in [0, 0.1) is 23.2 Å². The Balaban J connectivity index is 2.40. The molecule has 0 spiro atoms. The van der Waals surface area contributed by atoms with Crippen LogP contribution in [0.1, 0.15) is 73.1 Å². The summed E-state index contributed by atoms with van der Waals surface area (Å²) in [5.41, 5.74) is 6.51. The fourth-order valence-electron chi connectivity index (χ4n) is 3.73. The maximum absolute atomic E-state index is 6.03. The lowest BCUT2D eigenvalue weighted by atomic mass is 9.68. The van der Waals surface area contributed by atoms with Crippen LogP contribution in [0.25, 0.3) is 0 Å². The third kappa shape index (κ3) is 5.37. The molecule has 1 unspecified atom stereocenters. The van der Waals surface area contributed by atoms with Gasteiger partial charge in [0, 0.05) is 12.6 Å². The van der Waals surface area contributed by atoms with Gasteiger partial charge in [-0.05, 0) is 55.4 Å². The molecule has 1 atom stereocenters. The highest BCUT2D eigenvalue weighted by molar-refractivity contribution is 4.86. The van der Waals surface area contributed by atoms with Crippen LogP contribution < -0.4 is 11.1 Å². The molecule has 1 aliphatic rings. The van der Waals surface area contributed by atoms with Gasteiger partial charge in [0.1, 0.15) is 0 Å². The minimum absolute atomic E-state index is 0.478. The summed E-state index contributed by atoms with van der Waals surface area (Å²) in [6, 6.07) is 0.538. The SMILES string of the molecule is CCC(CC)CNC(CN)C1CCC(C(C)(C)C)CC1. The molecular formula is C18H38N2. The Kier molecular flexibility index (Phi) is 7.53. The second kappa shape index (κ2) is 8.38. The standard InChI is InChI=1S/C18H38N2/c1-6-14(7-2)13-20-17(12-19)15-8-10-16(11-9-15)18(3,4)5/h14-17,20H,6-13,19H2,1-5H3. The van der Waals surface area contributed by atoms with E-state index in [4.69, 9.17) is 5.73 Å². The van der Waals surface area contributed by atoms with E-state index in [1.807, 2.05) is 0 Å². The third-order valence-corrected chi connectivity index (χ3v) is 5.64. The van der Waals surface area contributed by atoms with Gasteiger partial charge in [0.15, 0.2) is 0 Å². The molecule has 0 amide bonds. The van der Waals surface area contributed by atoms with Crippen LogP contribution in [0.3, 0.4) is 0 Å². The van der Waals surface area contributed by atoms with Crippen LogP contribution in [0.5, 0.6) is 0 Å². The average molecular weight is 283 g/mol. The van der Waals surface area contributed by atoms with E-state index in [9.17, 15) is 0 Å². The van der Waals surface area contributed by atoms with Crippen molar-refractivity contribution in [2.75, 3.05) is 13.1 Å². The number of rotatable bonds is 7. The lowest BCUT2D eigenvalue weighted by molar-refractivity contribution is 0.132. The maximum atomic E-state index is 6.03. The fourth-order valence-corrected chi connectivity index (χ4v) is 3.73. The van der Waals surface area contributed by atoms with E-state index < -0.39 is 0 Å². The molecule has 20 heavy (non-hydrogen) atoms. The molecule has 2 nitrogen and oxygen atoms in total. The summed E-state index contributed by atoms with van der Waals surface area (Å²) in [5.74, 6) is 2.51. The predicted octanol–water partition coefficient (Wildman–Crippen LogP) is 4.19. The molecule has 0 bridgehead atoms. The summed E-state index contributed by atoms with van der Waals surface area (Å²) in [6.07, 6.45) is 8.04. The fraction of sp³-hybridized carbons (Fsp3) is 1.00. The van der Waals surface area contributed by atoms with Crippen LogP contribution in [-0.4, -0.2) is 19.1 Å². The second-order valence-electron chi connectivity index (χ2n) is 7.91. The topological polar surface area (TPSA) is 38.0 Å². The van der Waals surface area contributed by atoms with Crippen molar-refractivity contribution in [3.8, 4) is 0 Å². The summed E-state index contributed by atoms with van der Waals surface area (Å²) in [5, 5.41) is 3.77. The minimum Gasteiger partial charge on any atom is -0.329 e. The number of nitrogens with two attached hydrogens (primary N) is 1. The van der Waals surface area contributed by atoms with Gasteiger partial charge in [0.05, 0.1) is 0 Å². The van der Waals surface area contributed by atoms with Crippen LogP contribution in [0.15, 0.2) is 0 Å². The van der Waals surface area contributed by atoms with Gasteiger partial charge in [0.25, 0.3) is 0 Å². The van der Waals surface area contributed by atoms with Crippen molar-refractivity contribution in [2.24, 2.45) is 28.9 Å². The summed E-state index contributed by atoms with van der Waals surface area (Å²) in [6.45, 7) is 13.7. The van der Waals surface area contributed by atoms with Crippen LogP contribution in [0.2, 0.25) is 0 Å². The molecule has 120 valence electrons. The van der Waals surface area contributed by atoms with Crippen molar-refractivity contribution in [3.63, 3.8) is 0 Å². The van der Waals surface area contributed by atoms with E-state index in [1.165, 1.54) is 38.5 Å². The lowest BCUT2D eigenvalue weighted by Gasteiger charge is -2.39. The highest BCUT2D eigenvalue weighted by atomic mass is 14.9. The van der Waals surface area contributed by atoms with Crippen molar-refractivity contribution in [3.05, 3.63) is 0 Å². The number of hydrogen-bond acceptors (Lipinski definition) is 2. The molecule has 1 fully saturated rings. The number of nitrogens with one attached hydrogen (secondary N) is 1. The van der Waals surface area contributed by atoms with E-state index in [0.717, 1.165) is 30.8 Å². The van der Waals surface area contributed by atoms with E-state index in [2.05, 4.69) is 39.9 Å².